The van der Waals surface area contributed by atoms with Gasteiger partial charge >= 0.3 is 0 Å². The average molecular weight is 202 g/mol. The number of benzene rings is 1. The van der Waals surface area contributed by atoms with Crippen molar-refractivity contribution in [1.29, 1.82) is 0 Å². The Hall–Kier alpha value is -2.02. The van der Waals surface area contributed by atoms with Crippen LogP contribution in [0.25, 0.3) is 0 Å². The normalized spacial score (nSPS) is 10.9. The van der Waals surface area contributed by atoms with Gasteiger partial charge in [-0.1, -0.05) is 30.3 Å². The van der Waals surface area contributed by atoms with E-state index >= 15 is 0 Å². The lowest BCUT2D eigenvalue weighted by molar-refractivity contribution is 0.550. The number of carbonyl (C=O) groups excluding carboxylic acids is 2. The lowest BCUT2D eigenvalue weighted by atomic mass is 10.1. The number of rotatable bonds is 5. The van der Waals surface area contributed by atoms with Crippen LogP contribution in [-0.4, -0.2) is 24.7 Å². The fourth-order valence-electron chi connectivity index (χ4n) is 1.25. The largest absolute Gasteiger partial charge is 0.235 e. The van der Waals surface area contributed by atoms with Crippen molar-refractivity contribution in [3.8, 4) is 0 Å². The molecule has 0 radical (unpaired) electrons. The molecule has 15 heavy (non-hydrogen) atoms. The van der Waals surface area contributed by atoms with Crippen molar-refractivity contribution in [2.24, 2.45) is 9.98 Å². The SMILES string of the molecule is O=C=NCC(Cc1ccccc1)N=C=O. The number of hydrogen-bond donors (Lipinski definition) is 0. The minimum atomic E-state index is -0.327. The van der Waals surface area contributed by atoms with E-state index in [-0.39, 0.29) is 12.6 Å². The summed E-state index contributed by atoms with van der Waals surface area (Å²) in [5, 5.41) is 0. The summed E-state index contributed by atoms with van der Waals surface area (Å²) in [5.41, 5.74) is 1.04. The minimum absolute atomic E-state index is 0.174. The van der Waals surface area contributed by atoms with Crippen LogP contribution in [0.2, 0.25) is 0 Å². The molecule has 0 N–H and O–H groups in total. The van der Waals surface area contributed by atoms with Crippen LogP contribution in [0.1, 0.15) is 5.56 Å². The predicted octanol–water partition coefficient (Wildman–Crippen LogP) is 1.27. The molecule has 4 nitrogen and oxygen atoms in total. The molecule has 0 aromatic heterocycles. The maximum absolute atomic E-state index is 10.1. The molecule has 0 amide bonds. The first-order valence-electron chi connectivity index (χ1n) is 4.51. The fourth-order valence-corrected chi connectivity index (χ4v) is 1.25. The summed E-state index contributed by atoms with van der Waals surface area (Å²) in [6.45, 7) is 0.174. The van der Waals surface area contributed by atoms with Gasteiger partial charge in [-0.3, -0.25) is 0 Å². The maximum atomic E-state index is 10.1. The molecule has 0 aliphatic carbocycles. The van der Waals surface area contributed by atoms with Gasteiger partial charge in [0.1, 0.15) is 0 Å². The first-order chi connectivity index (χ1) is 7.36. The summed E-state index contributed by atoms with van der Waals surface area (Å²) in [7, 11) is 0. The van der Waals surface area contributed by atoms with Crippen molar-refractivity contribution in [2.45, 2.75) is 12.5 Å². The van der Waals surface area contributed by atoms with Gasteiger partial charge in [0.2, 0.25) is 12.2 Å². The third kappa shape index (κ3) is 4.14. The van der Waals surface area contributed by atoms with Crippen LogP contribution >= 0.6 is 0 Å². The molecule has 0 heterocycles. The predicted molar refractivity (Wildman–Crippen MR) is 55.0 cm³/mol. The lowest BCUT2D eigenvalue weighted by Crippen LogP contribution is -2.12. The summed E-state index contributed by atoms with van der Waals surface area (Å²) in [6, 6.07) is 9.24. The van der Waals surface area contributed by atoms with Gasteiger partial charge in [0.15, 0.2) is 0 Å². The van der Waals surface area contributed by atoms with Crippen LogP contribution in [0.3, 0.4) is 0 Å². The van der Waals surface area contributed by atoms with Crippen LogP contribution in [0, 0.1) is 0 Å². The van der Waals surface area contributed by atoms with E-state index in [1.165, 1.54) is 12.2 Å². The number of aliphatic imine (C=N–C) groups is 2. The van der Waals surface area contributed by atoms with E-state index in [2.05, 4.69) is 9.98 Å². The Morgan fingerprint density at radius 3 is 2.47 bits per heavy atom. The van der Waals surface area contributed by atoms with Crippen molar-refractivity contribution in [2.75, 3.05) is 6.54 Å². The van der Waals surface area contributed by atoms with Crippen LogP contribution in [0.5, 0.6) is 0 Å². The Labute approximate surface area is 87.4 Å². The molecule has 0 saturated carbocycles. The van der Waals surface area contributed by atoms with Crippen LogP contribution in [0.4, 0.5) is 0 Å². The van der Waals surface area contributed by atoms with E-state index in [0.29, 0.717) is 6.42 Å². The van der Waals surface area contributed by atoms with Gasteiger partial charge in [0.05, 0.1) is 12.6 Å². The molecule has 0 saturated heterocycles. The van der Waals surface area contributed by atoms with E-state index in [9.17, 15) is 9.59 Å². The molecule has 1 atom stereocenters. The Balaban J connectivity index is 2.66. The van der Waals surface area contributed by atoms with E-state index < -0.39 is 0 Å². The van der Waals surface area contributed by atoms with Crippen LogP contribution in [-0.2, 0) is 16.0 Å². The number of nitrogens with zero attached hydrogens (tertiary/aromatic N) is 2. The number of hydrogen-bond acceptors (Lipinski definition) is 4. The first-order valence-corrected chi connectivity index (χ1v) is 4.51. The second-order valence-corrected chi connectivity index (χ2v) is 3.00. The Kier molecular flexibility index (Phi) is 4.74. The summed E-state index contributed by atoms with van der Waals surface area (Å²) >= 11 is 0. The third-order valence-electron chi connectivity index (χ3n) is 1.92. The highest BCUT2D eigenvalue weighted by atomic mass is 16.1. The zero-order valence-electron chi connectivity index (χ0n) is 8.09. The van der Waals surface area contributed by atoms with Crippen LogP contribution in [0.15, 0.2) is 40.3 Å². The Morgan fingerprint density at radius 2 is 1.87 bits per heavy atom. The molecule has 1 rings (SSSR count). The topological polar surface area (TPSA) is 58.9 Å². The van der Waals surface area contributed by atoms with Gasteiger partial charge in [-0.05, 0) is 12.0 Å². The first kappa shape index (κ1) is 11.1. The summed E-state index contributed by atoms with van der Waals surface area (Å²) < 4.78 is 0. The molecule has 4 heteroatoms. The van der Waals surface area contributed by atoms with Crippen molar-refractivity contribution in [3.63, 3.8) is 0 Å². The zero-order chi connectivity index (χ0) is 10.9. The monoisotopic (exact) mass is 202 g/mol. The molecular weight excluding hydrogens is 192 g/mol. The van der Waals surface area contributed by atoms with Crippen molar-refractivity contribution in [3.05, 3.63) is 35.9 Å². The van der Waals surface area contributed by atoms with E-state index in [1.807, 2.05) is 30.3 Å². The molecule has 0 fully saturated rings. The molecule has 0 bridgehead atoms. The molecule has 1 aromatic rings. The standard InChI is InChI=1S/C11H10N2O2/c14-8-12-7-11(13-9-15)6-10-4-2-1-3-5-10/h1-5,11H,6-7H2. The highest BCUT2D eigenvalue weighted by Crippen LogP contribution is 2.05. The summed E-state index contributed by atoms with van der Waals surface area (Å²) in [4.78, 5) is 27.1. The lowest BCUT2D eigenvalue weighted by Gasteiger charge is -2.06. The average Bonchev–Trinajstić information content (AvgIpc) is 2.28. The maximum Gasteiger partial charge on any atom is 0.235 e. The number of isocyanates is 2. The highest BCUT2D eigenvalue weighted by molar-refractivity contribution is 5.35. The highest BCUT2D eigenvalue weighted by Gasteiger charge is 2.06. The van der Waals surface area contributed by atoms with Gasteiger partial charge in [-0.15, -0.1) is 0 Å². The summed E-state index contributed by atoms with van der Waals surface area (Å²) in [6.07, 6.45) is 3.48. The molecule has 76 valence electrons. The molecule has 0 aliphatic heterocycles. The molecule has 1 aromatic carbocycles. The molecule has 1 unspecified atom stereocenters. The second-order valence-electron chi connectivity index (χ2n) is 3.00. The molecule has 0 aliphatic rings. The van der Waals surface area contributed by atoms with Crippen molar-refractivity contribution >= 4 is 12.2 Å². The Morgan fingerprint density at radius 1 is 1.13 bits per heavy atom. The molecule has 0 spiro atoms. The van der Waals surface area contributed by atoms with E-state index in [1.54, 1.807) is 0 Å². The van der Waals surface area contributed by atoms with E-state index in [0.717, 1.165) is 5.56 Å². The fraction of sp³-hybridized carbons (Fsp3) is 0.273. The smallest absolute Gasteiger partial charge is 0.211 e. The second kappa shape index (κ2) is 6.44. The zero-order valence-corrected chi connectivity index (χ0v) is 8.09. The molecular formula is C11H10N2O2. The Bertz CT molecular complexity index is 390. The summed E-state index contributed by atoms with van der Waals surface area (Å²) in [5.74, 6) is 0. The minimum Gasteiger partial charge on any atom is -0.211 e. The van der Waals surface area contributed by atoms with Gasteiger partial charge in [0.25, 0.3) is 0 Å². The van der Waals surface area contributed by atoms with Crippen LogP contribution < -0.4 is 0 Å². The van der Waals surface area contributed by atoms with Crippen molar-refractivity contribution < 1.29 is 9.59 Å². The van der Waals surface area contributed by atoms with Crippen molar-refractivity contribution in [1.82, 2.24) is 0 Å². The third-order valence-corrected chi connectivity index (χ3v) is 1.92. The van der Waals surface area contributed by atoms with Gasteiger partial charge < -0.3 is 0 Å². The van der Waals surface area contributed by atoms with E-state index in [4.69, 9.17) is 0 Å². The van der Waals surface area contributed by atoms with Gasteiger partial charge in [-0.25, -0.2) is 19.6 Å². The van der Waals surface area contributed by atoms with Gasteiger partial charge in [0, 0.05) is 0 Å². The quantitative estimate of drug-likeness (QED) is 0.533. The van der Waals surface area contributed by atoms with Gasteiger partial charge in [-0.2, -0.15) is 0 Å².